The van der Waals surface area contributed by atoms with Crippen molar-refractivity contribution in [3.8, 4) is 0 Å². The van der Waals surface area contributed by atoms with E-state index in [9.17, 15) is 4.39 Å². The van der Waals surface area contributed by atoms with Crippen molar-refractivity contribution in [3.05, 3.63) is 34.1 Å². The molecular formula is C16H23BrFNO. The Morgan fingerprint density at radius 1 is 1.55 bits per heavy atom. The van der Waals surface area contributed by atoms with Gasteiger partial charge in [-0.2, -0.15) is 0 Å². The predicted octanol–water partition coefficient (Wildman–Crippen LogP) is 4.05. The largest absolute Gasteiger partial charge is 0.377 e. The molecule has 3 atom stereocenters. The molecule has 0 amide bonds. The van der Waals surface area contributed by atoms with E-state index in [0.717, 1.165) is 23.7 Å². The highest BCUT2D eigenvalue weighted by molar-refractivity contribution is 9.10. The summed E-state index contributed by atoms with van der Waals surface area (Å²) < 4.78 is 20.6. The maximum atomic E-state index is 13.9. The van der Waals surface area contributed by atoms with Crippen LogP contribution in [0.1, 0.15) is 38.2 Å². The molecule has 0 spiro atoms. The molecule has 1 aromatic rings. The third-order valence-electron chi connectivity index (χ3n) is 4.52. The van der Waals surface area contributed by atoms with E-state index in [0.29, 0.717) is 17.9 Å². The molecular weight excluding hydrogens is 321 g/mol. The first-order chi connectivity index (χ1) is 9.47. The molecule has 3 unspecified atom stereocenters. The van der Waals surface area contributed by atoms with Crippen LogP contribution in [0.25, 0.3) is 0 Å². The van der Waals surface area contributed by atoms with Crippen molar-refractivity contribution >= 4 is 15.9 Å². The average molecular weight is 344 g/mol. The van der Waals surface area contributed by atoms with Gasteiger partial charge >= 0.3 is 0 Å². The van der Waals surface area contributed by atoms with Crippen LogP contribution in [-0.4, -0.2) is 18.8 Å². The number of hydrogen-bond acceptors (Lipinski definition) is 2. The molecule has 2 nitrogen and oxygen atoms in total. The van der Waals surface area contributed by atoms with Gasteiger partial charge < -0.3 is 10.5 Å². The minimum atomic E-state index is -0.313. The van der Waals surface area contributed by atoms with Crippen LogP contribution in [0.3, 0.4) is 0 Å². The van der Waals surface area contributed by atoms with Gasteiger partial charge in [0.25, 0.3) is 0 Å². The zero-order valence-corrected chi connectivity index (χ0v) is 13.7. The van der Waals surface area contributed by atoms with Gasteiger partial charge in [-0.05, 0) is 48.9 Å². The van der Waals surface area contributed by atoms with E-state index in [1.807, 2.05) is 6.07 Å². The van der Waals surface area contributed by atoms with Gasteiger partial charge in [0.05, 0.1) is 5.60 Å². The quantitative estimate of drug-likeness (QED) is 0.894. The van der Waals surface area contributed by atoms with Gasteiger partial charge in [-0.25, -0.2) is 4.39 Å². The van der Waals surface area contributed by atoms with E-state index in [2.05, 4.69) is 22.9 Å². The lowest BCUT2D eigenvalue weighted by molar-refractivity contribution is -0.0706. The summed E-state index contributed by atoms with van der Waals surface area (Å²) in [5.74, 6) is 0.417. The van der Waals surface area contributed by atoms with Crippen LogP contribution >= 0.6 is 15.9 Å². The summed E-state index contributed by atoms with van der Waals surface area (Å²) in [6.07, 6.45) is 4.78. The number of rotatable bonds is 4. The fraction of sp³-hybridized carbons (Fsp3) is 0.625. The highest BCUT2D eigenvalue weighted by atomic mass is 79.9. The SMILES string of the molecule is COC1(C(N)Cc2cc(Br)ccc2F)CCCC(C)C1. The van der Waals surface area contributed by atoms with Gasteiger partial charge in [0.15, 0.2) is 0 Å². The number of benzene rings is 1. The van der Waals surface area contributed by atoms with Gasteiger partial charge in [-0.15, -0.1) is 0 Å². The summed E-state index contributed by atoms with van der Waals surface area (Å²) in [6.45, 7) is 2.24. The van der Waals surface area contributed by atoms with Crippen LogP contribution in [0.5, 0.6) is 0 Å². The third-order valence-corrected chi connectivity index (χ3v) is 5.01. The van der Waals surface area contributed by atoms with E-state index in [4.69, 9.17) is 10.5 Å². The Bertz CT molecular complexity index is 468. The fourth-order valence-corrected chi connectivity index (χ4v) is 3.75. The maximum absolute atomic E-state index is 13.9. The molecule has 0 aromatic heterocycles. The smallest absolute Gasteiger partial charge is 0.126 e. The first-order valence-corrected chi connectivity index (χ1v) is 8.01. The minimum Gasteiger partial charge on any atom is -0.377 e. The lowest BCUT2D eigenvalue weighted by Crippen LogP contribution is -2.53. The van der Waals surface area contributed by atoms with E-state index in [1.54, 1.807) is 13.2 Å². The Hall–Kier alpha value is -0.450. The number of halogens is 2. The van der Waals surface area contributed by atoms with Crippen molar-refractivity contribution in [2.45, 2.75) is 50.7 Å². The summed E-state index contributed by atoms with van der Waals surface area (Å²) >= 11 is 3.38. The highest BCUT2D eigenvalue weighted by Gasteiger charge is 2.40. The number of ether oxygens (including phenoxy) is 1. The minimum absolute atomic E-state index is 0.181. The van der Waals surface area contributed by atoms with Gasteiger partial charge in [-0.1, -0.05) is 35.7 Å². The molecule has 4 heteroatoms. The maximum Gasteiger partial charge on any atom is 0.126 e. The van der Waals surface area contributed by atoms with Crippen molar-refractivity contribution in [2.75, 3.05) is 7.11 Å². The van der Waals surface area contributed by atoms with Crippen LogP contribution in [-0.2, 0) is 11.2 Å². The molecule has 2 N–H and O–H groups in total. The summed E-state index contributed by atoms with van der Waals surface area (Å²) in [4.78, 5) is 0. The van der Waals surface area contributed by atoms with E-state index < -0.39 is 0 Å². The molecule has 0 heterocycles. The molecule has 0 aliphatic heterocycles. The fourth-order valence-electron chi connectivity index (χ4n) is 3.34. The Balaban J connectivity index is 2.16. The molecule has 20 heavy (non-hydrogen) atoms. The zero-order chi connectivity index (χ0) is 14.8. The van der Waals surface area contributed by atoms with Gasteiger partial charge in [0.1, 0.15) is 5.82 Å². The van der Waals surface area contributed by atoms with Gasteiger partial charge in [-0.3, -0.25) is 0 Å². The van der Waals surface area contributed by atoms with E-state index >= 15 is 0 Å². The third kappa shape index (κ3) is 3.41. The van der Waals surface area contributed by atoms with Crippen LogP contribution in [0.4, 0.5) is 4.39 Å². The lowest BCUT2D eigenvalue weighted by Gasteiger charge is -2.43. The van der Waals surface area contributed by atoms with Crippen LogP contribution in [0, 0.1) is 11.7 Å². The summed E-state index contributed by atoms with van der Waals surface area (Å²) in [5.41, 5.74) is 6.74. The van der Waals surface area contributed by atoms with E-state index in [-0.39, 0.29) is 17.5 Å². The summed E-state index contributed by atoms with van der Waals surface area (Å²) in [5, 5.41) is 0. The molecule has 0 radical (unpaired) electrons. The second-order valence-corrected chi connectivity index (χ2v) is 6.93. The first-order valence-electron chi connectivity index (χ1n) is 7.21. The van der Waals surface area contributed by atoms with Crippen molar-refractivity contribution in [1.82, 2.24) is 0 Å². The standard InChI is InChI=1S/C16H23BrFNO/c1-11-4-3-7-16(10-11,20-2)15(19)9-12-8-13(17)5-6-14(12)18/h5-6,8,11,15H,3-4,7,9-10,19H2,1-2H3. The van der Waals surface area contributed by atoms with Crippen LogP contribution < -0.4 is 5.73 Å². The number of nitrogens with two attached hydrogens (primary N) is 1. The zero-order valence-electron chi connectivity index (χ0n) is 12.2. The second kappa shape index (κ2) is 6.54. The predicted molar refractivity (Wildman–Crippen MR) is 83.2 cm³/mol. The molecule has 2 rings (SSSR count). The van der Waals surface area contributed by atoms with E-state index in [1.165, 1.54) is 12.5 Å². The number of hydrogen-bond donors (Lipinski definition) is 1. The Labute approximate surface area is 129 Å². The highest BCUT2D eigenvalue weighted by Crippen LogP contribution is 2.37. The summed E-state index contributed by atoms with van der Waals surface area (Å²) in [7, 11) is 1.73. The van der Waals surface area contributed by atoms with Crippen LogP contribution in [0.15, 0.2) is 22.7 Å². The first kappa shape index (κ1) is 15.9. The molecule has 0 bridgehead atoms. The Kier molecular flexibility index (Phi) is 5.21. The van der Waals surface area contributed by atoms with Crippen molar-refractivity contribution in [1.29, 1.82) is 0 Å². The molecule has 0 saturated heterocycles. The molecule has 1 saturated carbocycles. The molecule has 1 fully saturated rings. The molecule has 112 valence electrons. The average Bonchev–Trinajstić information content (AvgIpc) is 2.42. The van der Waals surface area contributed by atoms with Crippen molar-refractivity contribution in [2.24, 2.45) is 11.7 Å². The lowest BCUT2D eigenvalue weighted by atomic mass is 9.73. The van der Waals surface area contributed by atoms with Crippen molar-refractivity contribution in [3.63, 3.8) is 0 Å². The second-order valence-electron chi connectivity index (χ2n) is 6.02. The topological polar surface area (TPSA) is 35.2 Å². The Morgan fingerprint density at radius 2 is 2.30 bits per heavy atom. The molecule has 1 aromatic carbocycles. The van der Waals surface area contributed by atoms with Crippen LogP contribution in [0.2, 0.25) is 0 Å². The van der Waals surface area contributed by atoms with Gasteiger partial charge in [0.2, 0.25) is 0 Å². The molecule has 1 aliphatic rings. The molecule has 1 aliphatic carbocycles. The monoisotopic (exact) mass is 343 g/mol. The Morgan fingerprint density at radius 3 is 2.95 bits per heavy atom. The number of methoxy groups -OCH3 is 1. The normalized spacial score (nSPS) is 28.4. The van der Waals surface area contributed by atoms with Crippen molar-refractivity contribution < 1.29 is 9.13 Å². The summed E-state index contributed by atoms with van der Waals surface area (Å²) in [6, 6.07) is 4.82. The van der Waals surface area contributed by atoms with Gasteiger partial charge in [0, 0.05) is 17.6 Å².